The summed E-state index contributed by atoms with van der Waals surface area (Å²) in [6, 6.07) is 5.56. The molecule has 0 amide bonds. The SMILES string of the molecule is CCOc1cccc([O][Al])c1OCC. The molecule has 0 bridgehead atoms. The van der Waals surface area contributed by atoms with E-state index in [0.717, 1.165) is 0 Å². The van der Waals surface area contributed by atoms with Gasteiger partial charge in [0.15, 0.2) is 11.5 Å². The van der Waals surface area contributed by atoms with Crippen LogP contribution in [0, 0.1) is 0 Å². The monoisotopic (exact) mass is 208 g/mol. The van der Waals surface area contributed by atoms with Gasteiger partial charge in [0.1, 0.15) is 5.75 Å². The molecule has 0 spiro atoms. The molecule has 4 heteroatoms. The fourth-order valence-corrected chi connectivity index (χ4v) is 1.33. The maximum atomic E-state index is 5.45. The minimum Gasteiger partial charge on any atom is -0.651 e. The topological polar surface area (TPSA) is 27.7 Å². The van der Waals surface area contributed by atoms with Gasteiger partial charge in [-0.3, -0.25) is 0 Å². The Balaban J connectivity index is 3.00. The van der Waals surface area contributed by atoms with Crippen LogP contribution in [0.4, 0.5) is 0 Å². The predicted molar refractivity (Wildman–Crippen MR) is 55.2 cm³/mol. The third-order valence-electron chi connectivity index (χ3n) is 1.66. The van der Waals surface area contributed by atoms with Gasteiger partial charge in [0, 0.05) is 0 Å². The summed E-state index contributed by atoms with van der Waals surface area (Å²) in [6.07, 6.45) is 0. The van der Waals surface area contributed by atoms with Crippen LogP contribution < -0.4 is 13.3 Å². The van der Waals surface area contributed by atoms with Crippen LogP contribution in [-0.4, -0.2) is 29.8 Å². The molecule has 0 aliphatic rings. The van der Waals surface area contributed by atoms with Crippen molar-refractivity contribution >= 4 is 16.6 Å². The first-order valence-corrected chi connectivity index (χ1v) is 5.06. The van der Waals surface area contributed by atoms with Crippen molar-refractivity contribution < 1.29 is 13.3 Å². The molecule has 3 nitrogen and oxygen atoms in total. The lowest BCUT2D eigenvalue weighted by Crippen LogP contribution is -2.00. The first kappa shape index (κ1) is 11.2. The zero-order valence-electron chi connectivity index (χ0n) is 8.45. The maximum absolute atomic E-state index is 5.45. The van der Waals surface area contributed by atoms with E-state index in [1.807, 2.05) is 32.0 Å². The highest BCUT2D eigenvalue weighted by atomic mass is 27.1. The van der Waals surface area contributed by atoms with Gasteiger partial charge in [-0.2, -0.15) is 0 Å². The Morgan fingerprint density at radius 1 is 1.07 bits per heavy atom. The third-order valence-corrected chi connectivity index (χ3v) is 1.91. The second kappa shape index (κ2) is 5.79. The lowest BCUT2D eigenvalue weighted by molar-refractivity contribution is 0.281. The fourth-order valence-electron chi connectivity index (χ4n) is 1.14. The molecule has 74 valence electrons. The van der Waals surface area contributed by atoms with Gasteiger partial charge >= 0.3 is 16.6 Å². The Morgan fingerprint density at radius 3 is 2.29 bits per heavy atom. The van der Waals surface area contributed by atoms with E-state index in [-0.39, 0.29) is 0 Å². The summed E-state index contributed by atoms with van der Waals surface area (Å²) in [5.74, 6) is 2.05. The van der Waals surface area contributed by atoms with Crippen molar-refractivity contribution in [3.05, 3.63) is 18.2 Å². The largest absolute Gasteiger partial charge is 0.651 e. The lowest BCUT2D eigenvalue weighted by Gasteiger charge is -2.14. The van der Waals surface area contributed by atoms with Crippen LogP contribution in [0.3, 0.4) is 0 Å². The highest BCUT2D eigenvalue weighted by molar-refractivity contribution is 6.00. The summed E-state index contributed by atoms with van der Waals surface area (Å²) < 4.78 is 16.0. The van der Waals surface area contributed by atoms with E-state index in [1.165, 1.54) is 0 Å². The molecule has 0 saturated carbocycles. The molecule has 0 saturated heterocycles. The van der Waals surface area contributed by atoms with Gasteiger partial charge in [-0.25, -0.2) is 0 Å². The normalized spacial score (nSPS) is 9.57. The molecule has 0 heterocycles. The Labute approximate surface area is 92.7 Å². The molecule has 0 aliphatic heterocycles. The van der Waals surface area contributed by atoms with Crippen LogP contribution in [0.2, 0.25) is 0 Å². The lowest BCUT2D eigenvalue weighted by atomic mass is 10.3. The summed E-state index contributed by atoms with van der Waals surface area (Å²) in [5, 5.41) is 0. The van der Waals surface area contributed by atoms with Crippen LogP contribution in [-0.2, 0) is 0 Å². The average Bonchev–Trinajstić information content (AvgIpc) is 2.21. The van der Waals surface area contributed by atoms with E-state index in [0.29, 0.717) is 30.5 Å². The van der Waals surface area contributed by atoms with Crippen molar-refractivity contribution in [2.75, 3.05) is 13.2 Å². The number of hydrogen-bond acceptors (Lipinski definition) is 3. The summed E-state index contributed by atoms with van der Waals surface area (Å²) in [5.41, 5.74) is 0. The van der Waals surface area contributed by atoms with E-state index in [9.17, 15) is 0 Å². The van der Waals surface area contributed by atoms with E-state index < -0.39 is 0 Å². The minimum atomic E-state index is 0.588. The van der Waals surface area contributed by atoms with Gasteiger partial charge < -0.3 is 13.3 Å². The summed E-state index contributed by atoms with van der Waals surface area (Å²) in [7, 11) is 0. The van der Waals surface area contributed by atoms with E-state index in [4.69, 9.17) is 13.3 Å². The van der Waals surface area contributed by atoms with E-state index in [2.05, 4.69) is 16.6 Å². The molecule has 1 aromatic carbocycles. The zero-order chi connectivity index (χ0) is 10.4. The van der Waals surface area contributed by atoms with Crippen LogP contribution in [0.15, 0.2) is 18.2 Å². The van der Waals surface area contributed by atoms with Crippen molar-refractivity contribution in [1.82, 2.24) is 0 Å². The smallest absolute Gasteiger partial charge is 0.482 e. The van der Waals surface area contributed by atoms with Crippen molar-refractivity contribution in [3.8, 4) is 17.2 Å². The van der Waals surface area contributed by atoms with Crippen LogP contribution >= 0.6 is 0 Å². The average molecular weight is 208 g/mol. The van der Waals surface area contributed by atoms with Gasteiger partial charge in [0.2, 0.25) is 0 Å². The molecule has 0 atom stereocenters. The number of hydrogen-bond donors (Lipinski definition) is 0. The molecule has 1 aromatic rings. The minimum absolute atomic E-state index is 0.588. The predicted octanol–water partition coefficient (Wildman–Crippen LogP) is 1.95. The molecule has 0 N–H and O–H groups in total. The molecule has 14 heavy (non-hydrogen) atoms. The van der Waals surface area contributed by atoms with Crippen molar-refractivity contribution in [1.29, 1.82) is 0 Å². The van der Waals surface area contributed by atoms with E-state index in [1.54, 1.807) is 0 Å². The molecule has 0 fully saturated rings. The standard InChI is InChI=1S/C10H14O3.Al/c1-3-12-9-7-5-6-8(11)10(9)13-4-2;/h5-7,11H,3-4H2,1-2H3;/q;+1/p-1. The van der Waals surface area contributed by atoms with Crippen molar-refractivity contribution in [3.63, 3.8) is 0 Å². The van der Waals surface area contributed by atoms with E-state index >= 15 is 0 Å². The number of para-hydroxylation sites is 1. The van der Waals surface area contributed by atoms with Gasteiger partial charge in [0.05, 0.1) is 13.2 Å². The Bertz CT molecular complexity index is 289. The second-order valence-electron chi connectivity index (χ2n) is 2.57. The molecule has 0 aliphatic carbocycles. The first-order valence-electron chi connectivity index (χ1n) is 4.58. The summed E-state index contributed by atoms with van der Waals surface area (Å²) in [4.78, 5) is 0. The number of ether oxygens (including phenoxy) is 2. The van der Waals surface area contributed by atoms with Gasteiger partial charge in [-0.05, 0) is 26.0 Å². The molecule has 2 radical (unpaired) electrons. The van der Waals surface area contributed by atoms with Gasteiger partial charge in [-0.15, -0.1) is 0 Å². The third kappa shape index (κ3) is 2.57. The summed E-state index contributed by atoms with van der Waals surface area (Å²) in [6.45, 7) is 5.06. The zero-order valence-corrected chi connectivity index (χ0v) is 9.60. The quantitative estimate of drug-likeness (QED) is 0.692. The summed E-state index contributed by atoms with van der Waals surface area (Å²) >= 11 is 2.20. The molecular formula is C10H13AlO3. The molecule has 0 unspecified atom stereocenters. The molecular weight excluding hydrogens is 195 g/mol. The highest BCUT2D eigenvalue weighted by Crippen LogP contribution is 2.36. The van der Waals surface area contributed by atoms with Crippen molar-refractivity contribution in [2.45, 2.75) is 13.8 Å². The Morgan fingerprint density at radius 2 is 1.71 bits per heavy atom. The number of benzene rings is 1. The first-order chi connectivity index (χ1) is 6.83. The molecule has 1 rings (SSSR count). The fraction of sp³-hybridized carbons (Fsp3) is 0.400. The van der Waals surface area contributed by atoms with Crippen molar-refractivity contribution in [2.24, 2.45) is 0 Å². The maximum Gasteiger partial charge on any atom is 0.482 e. The Hall–Kier alpha value is -0.848. The second-order valence-corrected chi connectivity index (χ2v) is 2.80. The number of rotatable bonds is 5. The van der Waals surface area contributed by atoms with Gasteiger partial charge in [-0.1, -0.05) is 6.07 Å². The highest BCUT2D eigenvalue weighted by Gasteiger charge is 2.09. The van der Waals surface area contributed by atoms with Crippen LogP contribution in [0.1, 0.15) is 13.8 Å². The molecule has 0 aromatic heterocycles. The van der Waals surface area contributed by atoms with Gasteiger partial charge in [0.25, 0.3) is 0 Å². The van der Waals surface area contributed by atoms with Crippen LogP contribution in [0.25, 0.3) is 0 Å². The Kier molecular flexibility index (Phi) is 4.65. The van der Waals surface area contributed by atoms with Crippen LogP contribution in [0.5, 0.6) is 17.2 Å².